The Labute approximate surface area is 176 Å². The fourth-order valence-electron chi connectivity index (χ4n) is 4.93. The second-order valence-corrected chi connectivity index (χ2v) is 7.90. The number of carbonyl (C=O) groups excluding carboxylic acids is 1. The molecule has 158 valence electrons. The highest BCUT2D eigenvalue weighted by atomic mass is 19.1. The van der Waals surface area contributed by atoms with Gasteiger partial charge in [0.15, 0.2) is 11.4 Å². The highest BCUT2D eigenvalue weighted by molar-refractivity contribution is 5.96. The van der Waals surface area contributed by atoms with E-state index < -0.39 is 40.7 Å². The molecule has 2 aromatic carbocycles. The van der Waals surface area contributed by atoms with Gasteiger partial charge in [0.25, 0.3) is 5.91 Å². The molecule has 6 nitrogen and oxygen atoms in total. The molecular weight excluding hydrogens is 404 g/mol. The van der Waals surface area contributed by atoms with E-state index in [1.54, 1.807) is 35.2 Å². The van der Waals surface area contributed by atoms with Crippen LogP contribution < -0.4 is 5.43 Å². The number of nitrogens with zero attached hydrogens (tertiary/aromatic N) is 3. The summed E-state index contributed by atoms with van der Waals surface area (Å²) in [5.41, 5.74) is -0.134. The van der Waals surface area contributed by atoms with Crippen molar-refractivity contribution in [2.24, 2.45) is 0 Å². The lowest BCUT2D eigenvalue weighted by Crippen LogP contribution is -2.51. The van der Waals surface area contributed by atoms with Crippen molar-refractivity contribution >= 4 is 5.91 Å². The second kappa shape index (κ2) is 7.30. The number of rotatable bonds is 3. The van der Waals surface area contributed by atoms with Gasteiger partial charge in [-0.1, -0.05) is 30.3 Å². The van der Waals surface area contributed by atoms with E-state index in [0.717, 1.165) is 12.6 Å². The fourth-order valence-corrected chi connectivity index (χ4v) is 4.93. The quantitative estimate of drug-likeness (QED) is 0.702. The van der Waals surface area contributed by atoms with Crippen LogP contribution >= 0.6 is 0 Å². The Kier molecular flexibility index (Phi) is 4.57. The minimum absolute atomic E-state index is 0.214. The van der Waals surface area contributed by atoms with Gasteiger partial charge in [0, 0.05) is 12.5 Å². The number of hydrogen-bond donors (Lipinski definition) is 1. The number of carbonyl (C=O) groups is 1. The van der Waals surface area contributed by atoms with E-state index in [0.29, 0.717) is 24.1 Å². The summed E-state index contributed by atoms with van der Waals surface area (Å²) in [6.45, 7) is 0.454. The predicted molar refractivity (Wildman–Crippen MR) is 108 cm³/mol. The summed E-state index contributed by atoms with van der Waals surface area (Å²) in [6, 6.07) is 11.2. The monoisotopic (exact) mass is 423 g/mol. The molecule has 1 fully saturated rings. The Hall–Kier alpha value is -3.55. The lowest BCUT2D eigenvalue weighted by atomic mass is 9.79. The summed E-state index contributed by atoms with van der Waals surface area (Å²) in [6.07, 6.45) is 2.32. The van der Waals surface area contributed by atoms with E-state index >= 15 is 4.39 Å². The lowest BCUT2D eigenvalue weighted by molar-refractivity contribution is 0.0564. The Morgan fingerprint density at radius 2 is 1.90 bits per heavy atom. The topological polar surface area (TPSA) is 75.4 Å². The van der Waals surface area contributed by atoms with Crippen LogP contribution in [0.5, 0.6) is 5.75 Å². The molecule has 8 heteroatoms. The smallest absolute Gasteiger partial charge is 0.276 e. The predicted octanol–water partition coefficient (Wildman–Crippen LogP) is 3.22. The standard InChI is InChI=1S/C23H19F2N3O3/c24-14-6-3-5-13(11-14)19(15-7-1-2-8-16(15)25)20-17-9-4-10-27(17)23(31)21-22(30)18(29)12-26-28(20)21/h1-3,5-8,11-12,17,19-20,30H,4,9-10H2/t17-,19+,20-/m1/s1. The normalized spacial score (nSPS) is 21.0. The van der Waals surface area contributed by atoms with Gasteiger partial charge in [0.1, 0.15) is 11.6 Å². The first-order valence-corrected chi connectivity index (χ1v) is 10.1. The molecule has 2 aliphatic heterocycles. The van der Waals surface area contributed by atoms with Crippen molar-refractivity contribution in [1.82, 2.24) is 14.7 Å². The molecule has 2 aliphatic rings. The van der Waals surface area contributed by atoms with Gasteiger partial charge in [-0.15, -0.1) is 0 Å². The van der Waals surface area contributed by atoms with Gasteiger partial charge < -0.3 is 10.0 Å². The van der Waals surface area contributed by atoms with Crippen LogP contribution in [0, 0.1) is 11.6 Å². The summed E-state index contributed by atoms with van der Waals surface area (Å²) < 4.78 is 30.5. The molecule has 3 aromatic rings. The maximum atomic E-state index is 15.0. The van der Waals surface area contributed by atoms with E-state index in [4.69, 9.17) is 0 Å². The molecule has 31 heavy (non-hydrogen) atoms. The molecule has 0 saturated carbocycles. The van der Waals surface area contributed by atoms with Crippen molar-refractivity contribution in [2.75, 3.05) is 6.54 Å². The third-order valence-electron chi connectivity index (χ3n) is 6.22. The third kappa shape index (κ3) is 3.01. The van der Waals surface area contributed by atoms with Crippen molar-refractivity contribution in [3.05, 3.63) is 93.4 Å². The number of hydrogen-bond acceptors (Lipinski definition) is 4. The van der Waals surface area contributed by atoms with Gasteiger partial charge in [-0.05, 0) is 42.2 Å². The number of benzene rings is 2. The molecular formula is C23H19F2N3O3. The van der Waals surface area contributed by atoms with Gasteiger partial charge in [0.2, 0.25) is 5.43 Å². The van der Waals surface area contributed by atoms with Crippen LogP contribution in [0.25, 0.3) is 0 Å². The number of aromatic nitrogens is 2. The zero-order valence-corrected chi connectivity index (χ0v) is 16.4. The Morgan fingerprint density at radius 1 is 1.10 bits per heavy atom. The number of halogens is 2. The largest absolute Gasteiger partial charge is 0.502 e. The minimum Gasteiger partial charge on any atom is -0.502 e. The molecule has 1 aromatic heterocycles. The first-order chi connectivity index (χ1) is 15.0. The molecule has 0 aliphatic carbocycles. The van der Waals surface area contributed by atoms with Crippen LogP contribution in [0.3, 0.4) is 0 Å². The maximum absolute atomic E-state index is 15.0. The summed E-state index contributed by atoms with van der Waals surface area (Å²) in [5, 5.41) is 14.6. The lowest BCUT2D eigenvalue weighted by Gasteiger charge is -2.42. The van der Waals surface area contributed by atoms with Gasteiger partial charge in [-0.2, -0.15) is 5.10 Å². The first-order valence-electron chi connectivity index (χ1n) is 10.1. The van der Waals surface area contributed by atoms with Crippen LogP contribution in [0.1, 0.15) is 46.4 Å². The second-order valence-electron chi connectivity index (χ2n) is 7.90. The molecule has 5 rings (SSSR count). The molecule has 0 unspecified atom stereocenters. The number of amides is 1. The highest BCUT2D eigenvalue weighted by Crippen LogP contribution is 2.46. The minimum atomic E-state index is -0.760. The van der Waals surface area contributed by atoms with E-state index in [1.807, 2.05) is 0 Å². The number of fused-ring (bicyclic) bond motifs is 2. The van der Waals surface area contributed by atoms with Crippen LogP contribution in [-0.4, -0.2) is 38.3 Å². The van der Waals surface area contributed by atoms with E-state index in [2.05, 4.69) is 5.10 Å². The Morgan fingerprint density at radius 3 is 2.68 bits per heavy atom. The van der Waals surface area contributed by atoms with Crippen molar-refractivity contribution in [1.29, 1.82) is 0 Å². The molecule has 3 heterocycles. The van der Waals surface area contributed by atoms with Crippen molar-refractivity contribution in [3.63, 3.8) is 0 Å². The molecule has 1 N–H and O–H groups in total. The molecule has 3 atom stereocenters. The van der Waals surface area contributed by atoms with E-state index in [1.165, 1.54) is 22.9 Å². The van der Waals surface area contributed by atoms with Crippen LogP contribution in [-0.2, 0) is 0 Å². The average molecular weight is 423 g/mol. The molecule has 1 amide bonds. The van der Waals surface area contributed by atoms with E-state index in [9.17, 15) is 19.1 Å². The van der Waals surface area contributed by atoms with Gasteiger partial charge >= 0.3 is 0 Å². The zero-order chi connectivity index (χ0) is 21.7. The molecule has 0 spiro atoms. The fraction of sp³-hybridized carbons (Fsp3) is 0.261. The van der Waals surface area contributed by atoms with Crippen LogP contribution in [0.15, 0.2) is 59.5 Å². The van der Waals surface area contributed by atoms with Crippen molar-refractivity contribution < 1.29 is 18.7 Å². The first kappa shape index (κ1) is 19.4. The summed E-state index contributed by atoms with van der Waals surface area (Å²) >= 11 is 0. The Balaban J connectivity index is 1.81. The van der Waals surface area contributed by atoms with Crippen molar-refractivity contribution in [3.8, 4) is 5.75 Å². The van der Waals surface area contributed by atoms with Crippen LogP contribution in [0.4, 0.5) is 8.78 Å². The van der Waals surface area contributed by atoms with Gasteiger partial charge in [-0.3, -0.25) is 14.3 Å². The van der Waals surface area contributed by atoms with Gasteiger partial charge in [-0.25, -0.2) is 8.78 Å². The zero-order valence-electron chi connectivity index (χ0n) is 16.4. The number of aromatic hydroxyl groups is 1. The van der Waals surface area contributed by atoms with E-state index in [-0.39, 0.29) is 11.7 Å². The van der Waals surface area contributed by atoms with Gasteiger partial charge in [0.05, 0.1) is 18.3 Å². The molecule has 0 radical (unpaired) electrons. The summed E-state index contributed by atoms with van der Waals surface area (Å²) in [5.74, 6) is -2.80. The van der Waals surface area contributed by atoms with Crippen LogP contribution in [0.2, 0.25) is 0 Å². The highest BCUT2D eigenvalue weighted by Gasteiger charge is 2.48. The summed E-state index contributed by atoms with van der Waals surface area (Å²) in [7, 11) is 0. The summed E-state index contributed by atoms with van der Waals surface area (Å²) in [4.78, 5) is 26.7. The molecule has 1 saturated heterocycles. The average Bonchev–Trinajstić information content (AvgIpc) is 3.24. The maximum Gasteiger partial charge on any atom is 0.276 e. The SMILES string of the molecule is O=C1c2c(O)c(=O)cnn2[C@@H]([C@@H](c2cccc(F)c2)c2ccccc2F)[C@H]2CCCN12. The Bertz CT molecular complexity index is 1240. The third-order valence-corrected chi connectivity index (χ3v) is 6.22. The molecule has 0 bridgehead atoms. The van der Waals surface area contributed by atoms with Crippen molar-refractivity contribution in [2.45, 2.75) is 30.8 Å².